The lowest BCUT2D eigenvalue weighted by atomic mass is 9.98. The van der Waals surface area contributed by atoms with Crippen molar-refractivity contribution in [3.05, 3.63) is 71.3 Å². The first-order chi connectivity index (χ1) is 11.1. The third-order valence-electron chi connectivity index (χ3n) is 3.47. The topological polar surface area (TPSA) is 84.2 Å². The zero-order valence-electron chi connectivity index (χ0n) is 13.1. The molecule has 0 aliphatic heterocycles. The standard InChI is InChI=1S/C18H21N3O2/c1-13-7-9-15(10-8-13)18(14-5-3-2-4-6-14)21-12-17(23)20-11-16(19)22/h2-10,18,21H,11-12H2,1H3,(H2,19,22)(H,20,23)/t18-/m0/s1. The first-order valence-electron chi connectivity index (χ1n) is 7.46. The average molecular weight is 311 g/mol. The van der Waals surface area contributed by atoms with E-state index in [2.05, 4.69) is 10.6 Å². The Hall–Kier alpha value is -2.66. The van der Waals surface area contributed by atoms with E-state index < -0.39 is 5.91 Å². The summed E-state index contributed by atoms with van der Waals surface area (Å²) in [6.07, 6.45) is 0. The summed E-state index contributed by atoms with van der Waals surface area (Å²) in [5.41, 5.74) is 8.34. The van der Waals surface area contributed by atoms with E-state index in [1.807, 2.05) is 61.5 Å². The van der Waals surface area contributed by atoms with Crippen LogP contribution >= 0.6 is 0 Å². The van der Waals surface area contributed by atoms with Crippen molar-refractivity contribution in [3.63, 3.8) is 0 Å². The summed E-state index contributed by atoms with van der Waals surface area (Å²) in [4.78, 5) is 22.5. The monoisotopic (exact) mass is 311 g/mol. The van der Waals surface area contributed by atoms with Gasteiger partial charge in [-0.15, -0.1) is 0 Å². The van der Waals surface area contributed by atoms with Gasteiger partial charge in [0.05, 0.1) is 19.1 Å². The molecule has 0 aromatic heterocycles. The van der Waals surface area contributed by atoms with E-state index in [-0.39, 0.29) is 25.0 Å². The molecule has 5 heteroatoms. The molecular weight excluding hydrogens is 290 g/mol. The van der Waals surface area contributed by atoms with E-state index in [0.29, 0.717) is 0 Å². The van der Waals surface area contributed by atoms with Crippen molar-refractivity contribution >= 4 is 11.8 Å². The maximum absolute atomic E-state index is 11.8. The van der Waals surface area contributed by atoms with Crippen LogP contribution in [0, 0.1) is 6.92 Å². The molecule has 4 N–H and O–H groups in total. The van der Waals surface area contributed by atoms with Gasteiger partial charge in [-0.25, -0.2) is 0 Å². The molecule has 0 fully saturated rings. The van der Waals surface area contributed by atoms with Gasteiger partial charge in [-0.2, -0.15) is 0 Å². The predicted molar refractivity (Wildman–Crippen MR) is 89.7 cm³/mol. The molecule has 0 bridgehead atoms. The second kappa shape index (κ2) is 8.10. The summed E-state index contributed by atoms with van der Waals surface area (Å²) in [5, 5.41) is 5.70. The molecule has 0 aliphatic rings. The third kappa shape index (κ3) is 5.23. The van der Waals surface area contributed by atoms with Gasteiger partial charge in [0, 0.05) is 0 Å². The van der Waals surface area contributed by atoms with Crippen molar-refractivity contribution in [1.82, 2.24) is 10.6 Å². The first kappa shape index (κ1) is 16.7. The van der Waals surface area contributed by atoms with Crippen LogP contribution in [0.2, 0.25) is 0 Å². The number of amides is 2. The molecule has 0 aliphatic carbocycles. The number of carbonyl (C=O) groups excluding carboxylic acids is 2. The fraction of sp³-hybridized carbons (Fsp3) is 0.222. The van der Waals surface area contributed by atoms with Crippen LogP contribution in [0.4, 0.5) is 0 Å². The molecule has 23 heavy (non-hydrogen) atoms. The number of benzene rings is 2. The Balaban J connectivity index is 2.10. The highest BCUT2D eigenvalue weighted by Crippen LogP contribution is 2.22. The Morgan fingerprint density at radius 1 is 0.957 bits per heavy atom. The molecule has 1 atom stereocenters. The molecule has 0 spiro atoms. The number of nitrogens with two attached hydrogens (primary N) is 1. The Morgan fingerprint density at radius 2 is 1.57 bits per heavy atom. The fourth-order valence-corrected chi connectivity index (χ4v) is 2.28. The maximum atomic E-state index is 11.8. The summed E-state index contributed by atoms with van der Waals surface area (Å²) < 4.78 is 0. The molecule has 2 amide bonds. The molecule has 2 rings (SSSR count). The summed E-state index contributed by atoms with van der Waals surface area (Å²) >= 11 is 0. The van der Waals surface area contributed by atoms with Gasteiger partial charge >= 0.3 is 0 Å². The number of primary amides is 1. The molecule has 0 saturated heterocycles. The van der Waals surface area contributed by atoms with Crippen LogP contribution in [0.25, 0.3) is 0 Å². The third-order valence-corrected chi connectivity index (χ3v) is 3.47. The molecule has 5 nitrogen and oxygen atoms in total. The minimum absolute atomic E-state index is 0.0979. The van der Waals surface area contributed by atoms with Crippen molar-refractivity contribution in [2.45, 2.75) is 13.0 Å². The molecular formula is C18H21N3O2. The lowest BCUT2D eigenvalue weighted by molar-refractivity contribution is -0.124. The van der Waals surface area contributed by atoms with E-state index in [9.17, 15) is 9.59 Å². The van der Waals surface area contributed by atoms with Gasteiger partial charge in [0.25, 0.3) is 0 Å². The van der Waals surface area contributed by atoms with Crippen LogP contribution in [0.3, 0.4) is 0 Å². The van der Waals surface area contributed by atoms with Crippen molar-refractivity contribution < 1.29 is 9.59 Å². The lowest BCUT2D eigenvalue weighted by Gasteiger charge is -2.20. The molecule has 0 heterocycles. The van der Waals surface area contributed by atoms with Gasteiger partial charge in [0.15, 0.2) is 0 Å². The highest BCUT2D eigenvalue weighted by molar-refractivity contribution is 5.84. The lowest BCUT2D eigenvalue weighted by Crippen LogP contribution is -2.40. The highest BCUT2D eigenvalue weighted by atomic mass is 16.2. The zero-order chi connectivity index (χ0) is 16.7. The number of aryl methyl sites for hydroxylation is 1. The fourth-order valence-electron chi connectivity index (χ4n) is 2.28. The SMILES string of the molecule is Cc1ccc([C@@H](NCC(=O)NCC(N)=O)c2ccccc2)cc1. The summed E-state index contributed by atoms with van der Waals surface area (Å²) in [7, 11) is 0. The van der Waals surface area contributed by atoms with Gasteiger partial charge in [-0.1, -0.05) is 60.2 Å². The second-order valence-corrected chi connectivity index (χ2v) is 5.38. The van der Waals surface area contributed by atoms with Crippen molar-refractivity contribution in [2.24, 2.45) is 5.73 Å². The van der Waals surface area contributed by atoms with Crippen LogP contribution in [-0.4, -0.2) is 24.9 Å². The normalized spacial score (nSPS) is 11.7. The van der Waals surface area contributed by atoms with Crippen LogP contribution < -0.4 is 16.4 Å². The van der Waals surface area contributed by atoms with Crippen molar-refractivity contribution in [3.8, 4) is 0 Å². The Labute approximate surface area is 135 Å². The van der Waals surface area contributed by atoms with E-state index in [0.717, 1.165) is 11.1 Å². The average Bonchev–Trinajstić information content (AvgIpc) is 2.55. The van der Waals surface area contributed by atoms with E-state index >= 15 is 0 Å². The number of carbonyl (C=O) groups is 2. The first-order valence-corrected chi connectivity index (χ1v) is 7.46. The summed E-state index contributed by atoms with van der Waals surface area (Å²) in [6.45, 7) is 1.98. The van der Waals surface area contributed by atoms with Gasteiger partial charge in [0.1, 0.15) is 0 Å². The van der Waals surface area contributed by atoms with E-state index in [1.54, 1.807) is 0 Å². The van der Waals surface area contributed by atoms with Gasteiger partial charge in [-0.3, -0.25) is 14.9 Å². The van der Waals surface area contributed by atoms with Gasteiger partial charge < -0.3 is 11.1 Å². The minimum atomic E-state index is -0.559. The number of rotatable bonds is 7. The quantitative estimate of drug-likeness (QED) is 0.720. The summed E-state index contributed by atoms with van der Waals surface area (Å²) in [5.74, 6) is -0.826. The Kier molecular flexibility index (Phi) is 5.88. The zero-order valence-corrected chi connectivity index (χ0v) is 13.1. The van der Waals surface area contributed by atoms with Crippen molar-refractivity contribution in [2.75, 3.05) is 13.1 Å². The molecule has 0 radical (unpaired) electrons. The molecule has 120 valence electrons. The number of hydrogen-bond donors (Lipinski definition) is 3. The van der Waals surface area contributed by atoms with Crippen LogP contribution in [0.5, 0.6) is 0 Å². The predicted octanol–water partition coefficient (Wildman–Crippen LogP) is 1.28. The van der Waals surface area contributed by atoms with E-state index in [4.69, 9.17) is 5.73 Å². The Bertz CT molecular complexity index is 654. The molecule has 0 saturated carbocycles. The van der Waals surface area contributed by atoms with Crippen LogP contribution in [0.1, 0.15) is 22.7 Å². The summed E-state index contributed by atoms with van der Waals surface area (Å²) in [6, 6.07) is 18.0. The number of hydrogen-bond acceptors (Lipinski definition) is 3. The van der Waals surface area contributed by atoms with E-state index in [1.165, 1.54) is 5.56 Å². The largest absolute Gasteiger partial charge is 0.368 e. The minimum Gasteiger partial charge on any atom is -0.368 e. The number of nitrogens with one attached hydrogen (secondary N) is 2. The van der Waals surface area contributed by atoms with Crippen LogP contribution in [0.15, 0.2) is 54.6 Å². The molecule has 2 aromatic carbocycles. The molecule has 2 aromatic rings. The van der Waals surface area contributed by atoms with Crippen molar-refractivity contribution in [1.29, 1.82) is 0 Å². The Morgan fingerprint density at radius 3 is 2.17 bits per heavy atom. The maximum Gasteiger partial charge on any atom is 0.236 e. The smallest absolute Gasteiger partial charge is 0.236 e. The highest BCUT2D eigenvalue weighted by Gasteiger charge is 2.14. The van der Waals surface area contributed by atoms with Gasteiger partial charge in [-0.05, 0) is 18.1 Å². The van der Waals surface area contributed by atoms with Gasteiger partial charge in [0.2, 0.25) is 11.8 Å². The van der Waals surface area contributed by atoms with Crippen LogP contribution in [-0.2, 0) is 9.59 Å². The second-order valence-electron chi connectivity index (χ2n) is 5.38. The molecule has 0 unspecified atom stereocenters.